The van der Waals surface area contributed by atoms with E-state index in [1.54, 1.807) is 6.92 Å². The summed E-state index contributed by atoms with van der Waals surface area (Å²) in [6.45, 7) is 7.55. The number of nitro benzene ring substituents is 1. The summed E-state index contributed by atoms with van der Waals surface area (Å²) in [5.41, 5.74) is 1.77. The molecule has 0 radical (unpaired) electrons. The number of hydrogen-bond donors (Lipinski definition) is 1. The van der Waals surface area contributed by atoms with Crippen molar-refractivity contribution >= 4 is 17.3 Å². The minimum Gasteiger partial charge on any atom is -0.311 e. The van der Waals surface area contributed by atoms with Crippen molar-refractivity contribution in [3.63, 3.8) is 0 Å². The average Bonchev–Trinajstić information content (AvgIpc) is 2.42. The molecular formula is C14H20ClN3O2. The number of piperazine rings is 1. The molecular weight excluding hydrogens is 278 g/mol. The number of rotatable bonds is 4. The summed E-state index contributed by atoms with van der Waals surface area (Å²) in [4.78, 5) is 13.0. The molecule has 1 aliphatic rings. The summed E-state index contributed by atoms with van der Waals surface area (Å²) in [6, 6.07) is 3.76. The van der Waals surface area contributed by atoms with Crippen LogP contribution in [0.15, 0.2) is 12.1 Å². The van der Waals surface area contributed by atoms with Gasteiger partial charge in [0.25, 0.3) is 5.69 Å². The van der Waals surface area contributed by atoms with Crippen molar-refractivity contribution in [3.8, 4) is 0 Å². The summed E-state index contributed by atoms with van der Waals surface area (Å²) in [5.74, 6) is 0. The van der Waals surface area contributed by atoms with Crippen LogP contribution in [0.25, 0.3) is 0 Å². The maximum atomic E-state index is 11.0. The van der Waals surface area contributed by atoms with E-state index >= 15 is 0 Å². The number of nitrogens with zero attached hydrogens (tertiary/aromatic N) is 2. The highest BCUT2D eigenvalue weighted by molar-refractivity contribution is 6.30. The monoisotopic (exact) mass is 297 g/mol. The van der Waals surface area contributed by atoms with E-state index in [1.807, 2.05) is 6.07 Å². The third-order valence-corrected chi connectivity index (χ3v) is 4.09. The Morgan fingerprint density at radius 2 is 2.30 bits per heavy atom. The summed E-state index contributed by atoms with van der Waals surface area (Å²) in [7, 11) is 0. The first kappa shape index (κ1) is 15.2. The van der Waals surface area contributed by atoms with Gasteiger partial charge in [-0.05, 0) is 25.0 Å². The molecule has 20 heavy (non-hydrogen) atoms. The molecule has 1 N–H and O–H groups in total. The maximum Gasteiger partial charge on any atom is 0.274 e. The van der Waals surface area contributed by atoms with Gasteiger partial charge in [-0.15, -0.1) is 0 Å². The Hall–Kier alpha value is -1.17. The van der Waals surface area contributed by atoms with Crippen LogP contribution in [0.4, 0.5) is 5.69 Å². The van der Waals surface area contributed by atoms with Gasteiger partial charge in [0.05, 0.1) is 4.92 Å². The van der Waals surface area contributed by atoms with Crippen molar-refractivity contribution in [1.82, 2.24) is 10.2 Å². The number of nitrogens with one attached hydrogen (secondary N) is 1. The lowest BCUT2D eigenvalue weighted by atomic mass is 10.0. The molecule has 1 heterocycles. The van der Waals surface area contributed by atoms with Gasteiger partial charge in [0.2, 0.25) is 0 Å². The molecule has 0 spiro atoms. The lowest BCUT2D eigenvalue weighted by Crippen LogP contribution is -2.49. The van der Waals surface area contributed by atoms with Crippen molar-refractivity contribution < 1.29 is 4.92 Å². The van der Waals surface area contributed by atoms with E-state index in [4.69, 9.17) is 11.6 Å². The molecule has 1 fully saturated rings. The lowest BCUT2D eigenvalue weighted by molar-refractivity contribution is -0.385. The van der Waals surface area contributed by atoms with E-state index < -0.39 is 0 Å². The number of benzene rings is 1. The molecule has 1 aromatic carbocycles. The Morgan fingerprint density at radius 1 is 1.55 bits per heavy atom. The second-order valence-corrected chi connectivity index (χ2v) is 5.70. The van der Waals surface area contributed by atoms with E-state index in [9.17, 15) is 10.1 Å². The van der Waals surface area contributed by atoms with Crippen molar-refractivity contribution in [2.24, 2.45) is 0 Å². The van der Waals surface area contributed by atoms with Crippen LogP contribution in [0.5, 0.6) is 0 Å². The first-order valence-corrected chi connectivity index (χ1v) is 7.28. The fourth-order valence-electron chi connectivity index (χ4n) is 2.63. The standard InChI is InChI=1S/C14H20ClN3O2/c1-3-13-9-17(5-4-16-13)8-11-6-12(15)7-14(10(11)2)18(19)20/h6-7,13,16H,3-5,8-9H2,1-2H3. The molecule has 110 valence electrons. The summed E-state index contributed by atoms with van der Waals surface area (Å²) < 4.78 is 0. The largest absolute Gasteiger partial charge is 0.311 e. The molecule has 6 heteroatoms. The van der Waals surface area contributed by atoms with Gasteiger partial charge in [-0.2, -0.15) is 0 Å². The lowest BCUT2D eigenvalue weighted by Gasteiger charge is -2.33. The topological polar surface area (TPSA) is 58.4 Å². The molecule has 0 amide bonds. The Morgan fingerprint density at radius 3 is 2.95 bits per heavy atom. The van der Waals surface area contributed by atoms with Crippen LogP contribution in [0.2, 0.25) is 5.02 Å². The van der Waals surface area contributed by atoms with Crippen LogP contribution < -0.4 is 5.32 Å². The first-order chi connectivity index (χ1) is 9.51. The van der Waals surface area contributed by atoms with Gasteiger partial charge >= 0.3 is 0 Å². The summed E-state index contributed by atoms with van der Waals surface area (Å²) >= 11 is 6.00. The van der Waals surface area contributed by atoms with Gasteiger partial charge in [-0.25, -0.2) is 0 Å². The molecule has 1 unspecified atom stereocenters. The third kappa shape index (κ3) is 3.48. The molecule has 0 bridgehead atoms. The van der Waals surface area contributed by atoms with E-state index in [2.05, 4.69) is 17.1 Å². The molecule has 0 aromatic heterocycles. The quantitative estimate of drug-likeness (QED) is 0.686. The Balaban J connectivity index is 2.18. The molecule has 1 atom stereocenters. The normalized spacial score (nSPS) is 20.1. The zero-order chi connectivity index (χ0) is 14.7. The van der Waals surface area contributed by atoms with E-state index in [-0.39, 0.29) is 10.6 Å². The maximum absolute atomic E-state index is 11.0. The number of hydrogen-bond acceptors (Lipinski definition) is 4. The van der Waals surface area contributed by atoms with Crippen LogP contribution in [-0.4, -0.2) is 35.5 Å². The fourth-order valence-corrected chi connectivity index (χ4v) is 2.86. The zero-order valence-corrected chi connectivity index (χ0v) is 12.6. The zero-order valence-electron chi connectivity index (χ0n) is 11.9. The number of nitro groups is 1. The highest BCUT2D eigenvalue weighted by Crippen LogP contribution is 2.27. The van der Waals surface area contributed by atoms with Gasteiger partial charge < -0.3 is 5.32 Å². The van der Waals surface area contributed by atoms with E-state index in [1.165, 1.54) is 6.07 Å². The first-order valence-electron chi connectivity index (χ1n) is 6.90. The molecule has 1 aromatic rings. The average molecular weight is 298 g/mol. The van der Waals surface area contributed by atoms with Crippen LogP contribution in [-0.2, 0) is 6.54 Å². The second-order valence-electron chi connectivity index (χ2n) is 5.26. The third-order valence-electron chi connectivity index (χ3n) is 3.88. The molecule has 0 saturated carbocycles. The van der Waals surface area contributed by atoms with Crippen molar-refractivity contribution in [1.29, 1.82) is 0 Å². The minimum atomic E-state index is -0.364. The Kier molecular flexibility index (Phi) is 4.96. The predicted molar refractivity (Wildman–Crippen MR) is 80.2 cm³/mol. The Labute approximate surface area is 124 Å². The summed E-state index contributed by atoms with van der Waals surface area (Å²) in [5, 5.41) is 14.9. The predicted octanol–water partition coefficient (Wildman–Crippen LogP) is 2.74. The van der Waals surface area contributed by atoms with Crippen LogP contribution in [0.1, 0.15) is 24.5 Å². The van der Waals surface area contributed by atoms with Gasteiger partial charge in [0.15, 0.2) is 0 Å². The van der Waals surface area contributed by atoms with Crippen molar-refractivity contribution in [2.75, 3.05) is 19.6 Å². The van der Waals surface area contributed by atoms with Crippen LogP contribution in [0.3, 0.4) is 0 Å². The van der Waals surface area contributed by atoms with Crippen LogP contribution >= 0.6 is 11.6 Å². The molecule has 2 rings (SSSR count). The number of halogens is 1. The molecule has 5 nitrogen and oxygen atoms in total. The van der Waals surface area contributed by atoms with E-state index in [0.29, 0.717) is 23.2 Å². The van der Waals surface area contributed by atoms with Crippen molar-refractivity contribution in [2.45, 2.75) is 32.9 Å². The van der Waals surface area contributed by atoms with Gasteiger partial charge in [0.1, 0.15) is 0 Å². The minimum absolute atomic E-state index is 0.106. The molecule has 0 aliphatic carbocycles. The highest BCUT2D eigenvalue weighted by atomic mass is 35.5. The van der Waals surface area contributed by atoms with Gasteiger partial charge in [-0.3, -0.25) is 15.0 Å². The van der Waals surface area contributed by atoms with Crippen LogP contribution in [0, 0.1) is 17.0 Å². The summed E-state index contributed by atoms with van der Waals surface area (Å²) in [6.07, 6.45) is 1.09. The van der Waals surface area contributed by atoms with Gasteiger partial charge in [-0.1, -0.05) is 18.5 Å². The smallest absolute Gasteiger partial charge is 0.274 e. The highest BCUT2D eigenvalue weighted by Gasteiger charge is 2.21. The van der Waals surface area contributed by atoms with Gasteiger partial charge in [0, 0.05) is 48.9 Å². The SMILES string of the molecule is CCC1CN(Cc2cc(Cl)cc([N+](=O)[O-])c2C)CCN1. The second kappa shape index (κ2) is 6.52. The Bertz CT molecular complexity index is 507. The molecule has 1 aliphatic heterocycles. The fraction of sp³-hybridized carbons (Fsp3) is 0.571. The van der Waals surface area contributed by atoms with Crippen molar-refractivity contribution in [3.05, 3.63) is 38.4 Å². The molecule has 1 saturated heterocycles. The van der Waals surface area contributed by atoms with E-state index in [0.717, 1.165) is 31.6 Å².